The van der Waals surface area contributed by atoms with Crippen LogP contribution in [0.1, 0.15) is 32.4 Å². The minimum Gasteiger partial charge on any atom is -0.358 e. The quantitative estimate of drug-likeness (QED) is 0.883. The van der Waals surface area contributed by atoms with Crippen molar-refractivity contribution in [3.05, 3.63) is 29.6 Å². The number of piperazine rings is 1. The van der Waals surface area contributed by atoms with Crippen LogP contribution in [-0.2, 0) is 4.79 Å². The third kappa shape index (κ3) is 2.77. The van der Waals surface area contributed by atoms with Gasteiger partial charge >= 0.3 is 0 Å². The Morgan fingerprint density at radius 3 is 3.00 bits per heavy atom. The zero-order valence-electron chi connectivity index (χ0n) is 12.2. The second-order valence-electron chi connectivity index (χ2n) is 5.11. The second-order valence-corrected chi connectivity index (χ2v) is 5.11. The van der Waals surface area contributed by atoms with Crippen LogP contribution in [0.4, 0.5) is 10.1 Å². The molecule has 0 aliphatic carbocycles. The molecule has 0 bridgehead atoms. The predicted molar refractivity (Wildman–Crippen MR) is 78.3 cm³/mol. The van der Waals surface area contributed by atoms with Crippen molar-refractivity contribution in [2.45, 2.75) is 32.9 Å². The number of hydrogen-bond donors (Lipinski definition) is 2. The normalized spacial score (nSPS) is 20.7. The first-order chi connectivity index (χ1) is 9.56. The molecule has 1 heterocycles. The molecule has 0 saturated carbocycles. The molecule has 1 aromatic carbocycles. The highest BCUT2D eigenvalue weighted by Gasteiger charge is 2.29. The van der Waals surface area contributed by atoms with E-state index < -0.39 is 0 Å². The molecular formula is C15H22FN3O. The van der Waals surface area contributed by atoms with E-state index in [1.807, 2.05) is 31.7 Å². The topological polar surface area (TPSA) is 44.4 Å². The molecule has 1 aliphatic heterocycles. The van der Waals surface area contributed by atoms with Crippen LogP contribution < -0.4 is 15.5 Å². The van der Waals surface area contributed by atoms with Crippen molar-refractivity contribution in [3.63, 3.8) is 0 Å². The smallest absolute Gasteiger partial charge is 0.242 e. The van der Waals surface area contributed by atoms with Crippen LogP contribution >= 0.6 is 0 Å². The summed E-state index contributed by atoms with van der Waals surface area (Å²) in [6.45, 7) is 7.84. The maximum Gasteiger partial charge on any atom is 0.242 e. The molecule has 0 spiro atoms. The molecule has 1 saturated heterocycles. The first-order valence-corrected chi connectivity index (χ1v) is 7.12. The summed E-state index contributed by atoms with van der Waals surface area (Å²) < 4.78 is 14.2. The fourth-order valence-electron chi connectivity index (χ4n) is 2.72. The number of amides is 1. The Kier molecular flexibility index (Phi) is 4.60. The molecule has 1 amide bonds. The van der Waals surface area contributed by atoms with Gasteiger partial charge in [-0.1, -0.05) is 13.0 Å². The first-order valence-electron chi connectivity index (χ1n) is 7.12. The zero-order valence-corrected chi connectivity index (χ0v) is 12.2. The van der Waals surface area contributed by atoms with Crippen LogP contribution in [0.25, 0.3) is 0 Å². The number of nitrogens with zero attached hydrogens (tertiary/aromatic N) is 1. The Balaban J connectivity index is 2.40. The molecular weight excluding hydrogens is 257 g/mol. The zero-order chi connectivity index (χ0) is 14.7. The van der Waals surface area contributed by atoms with Crippen LogP contribution in [0.5, 0.6) is 0 Å². The number of hydrogen-bond acceptors (Lipinski definition) is 3. The van der Waals surface area contributed by atoms with Gasteiger partial charge in [-0.25, -0.2) is 4.39 Å². The van der Waals surface area contributed by atoms with Gasteiger partial charge in [0.05, 0.1) is 0 Å². The molecule has 1 aliphatic rings. The fourth-order valence-corrected chi connectivity index (χ4v) is 2.72. The fraction of sp³-hybridized carbons (Fsp3) is 0.533. The molecule has 0 radical (unpaired) electrons. The average molecular weight is 279 g/mol. The van der Waals surface area contributed by atoms with Gasteiger partial charge < -0.3 is 15.5 Å². The maximum absolute atomic E-state index is 14.2. The van der Waals surface area contributed by atoms with Crippen molar-refractivity contribution in [2.24, 2.45) is 0 Å². The average Bonchev–Trinajstić information content (AvgIpc) is 2.42. The van der Waals surface area contributed by atoms with E-state index in [-0.39, 0.29) is 23.8 Å². The summed E-state index contributed by atoms with van der Waals surface area (Å²) in [5.41, 5.74) is 1.44. The Bertz CT molecular complexity index is 492. The number of carbonyl (C=O) groups excluding carboxylic acids is 1. The van der Waals surface area contributed by atoms with E-state index in [0.717, 1.165) is 12.2 Å². The van der Waals surface area contributed by atoms with Crippen molar-refractivity contribution >= 4 is 11.6 Å². The molecule has 1 fully saturated rings. The van der Waals surface area contributed by atoms with E-state index in [0.29, 0.717) is 18.7 Å². The highest BCUT2D eigenvalue weighted by Crippen LogP contribution is 2.30. The Morgan fingerprint density at radius 1 is 1.55 bits per heavy atom. The predicted octanol–water partition coefficient (Wildman–Crippen LogP) is 1.82. The van der Waals surface area contributed by atoms with Gasteiger partial charge in [-0.15, -0.1) is 0 Å². The Hall–Kier alpha value is -1.62. The number of benzene rings is 1. The molecule has 2 unspecified atom stereocenters. The molecule has 20 heavy (non-hydrogen) atoms. The third-order valence-corrected chi connectivity index (χ3v) is 3.78. The van der Waals surface area contributed by atoms with E-state index in [1.54, 1.807) is 6.07 Å². The molecule has 0 aromatic heterocycles. The number of anilines is 1. The van der Waals surface area contributed by atoms with E-state index in [1.165, 1.54) is 6.07 Å². The van der Waals surface area contributed by atoms with Crippen LogP contribution in [0.3, 0.4) is 0 Å². The lowest BCUT2D eigenvalue weighted by molar-refractivity contribution is -0.122. The number of nitrogens with one attached hydrogen (secondary N) is 2. The lowest BCUT2D eigenvalue weighted by Gasteiger charge is -2.36. The van der Waals surface area contributed by atoms with Crippen LogP contribution in [-0.4, -0.2) is 31.6 Å². The summed E-state index contributed by atoms with van der Waals surface area (Å²) in [5.74, 6) is -0.239. The van der Waals surface area contributed by atoms with Crippen LogP contribution in [0.2, 0.25) is 0 Å². The van der Waals surface area contributed by atoms with Crippen molar-refractivity contribution in [1.82, 2.24) is 10.6 Å². The summed E-state index contributed by atoms with van der Waals surface area (Å²) in [6, 6.07) is 4.70. The molecule has 2 N–H and O–H groups in total. The summed E-state index contributed by atoms with van der Waals surface area (Å²) in [4.78, 5) is 13.8. The summed E-state index contributed by atoms with van der Waals surface area (Å²) in [5, 5.41) is 6.07. The van der Waals surface area contributed by atoms with Gasteiger partial charge in [0, 0.05) is 30.4 Å². The Labute approximate surface area is 119 Å². The highest BCUT2D eigenvalue weighted by molar-refractivity contribution is 5.86. The van der Waals surface area contributed by atoms with E-state index in [4.69, 9.17) is 0 Å². The van der Waals surface area contributed by atoms with Gasteiger partial charge in [-0.3, -0.25) is 4.79 Å². The lowest BCUT2D eigenvalue weighted by Crippen LogP contribution is -2.54. The molecule has 1 aromatic rings. The third-order valence-electron chi connectivity index (χ3n) is 3.78. The lowest BCUT2D eigenvalue weighted by atomic mass is 10.0. The monoisotopic (exact) mass is 279 g/mol. The minimum atomic E-state index is -0.280. The molecule has 110 valence electrons. The minimum absolute atomic E-state index is 0.0115. The highest BCUT2D eigenvalue weighted by atomic mass is 19.1. The number of rotatable bonds is 4. The summed E-state index contributed by atoms with van der Waals surface area (Å²) in [6.07, 6.45) is 0. The molecule has 5 heteroatoms. The van der Waals surface area contributed by atoms with Gasteiger partial charge in [0.1, 0.15) is 11.9 Å². The standard InChI is InChI=1S/C15H22FN3O/c1-4-17-10(2)14-12(16)6-5-7-13(14)19-9-8-18-15(20)11(19)3/h5-7,10-11,17H,4,8-9H2,1-3H3,(H,18,20). The number of carbonyl (C=O) groups is 1. The maximum atomic E-state index is 14.2. The second kappa shape index (κ2) is 6.22. The number of halogens is 1. The van der Waals surface area contributed by atoms with Crippen LogP contribution in [0, 0.1) is 5.82 Å². The first kappa shape index (κ1) is 14.8. The van der Waals surface area contributed by atoms with E-state index in [2.05, 4.69) is 10.6 Å². The molecule has 2 atom stereocenters. The van der Waals surface area contributed by atoms with Gasteiger partial charge in [0.2, 0.25) is 5.91 Å². The van der Waals surface area contributed by atoms with E-state index in [9.17, 15) is 9.18 Å². The van der Waals surface area contributed by atoms with Crippen LogP contribution in [0.15, 0.2) is 18.2 Å². The summed E-state index contributed by atoms with van der Waals surface area (Å²) >= 11 is 0. The Morgan fingerprint density at radius 2 is 2.30 bits per heavy atom. The summed E-state index contributed by atoms with van der Waals surface area (Å²) in [7, 11) is 0. The van der Waals surface area contributed by atoms with Crippen molar-refractivity contribution in [1.29, 1.82) is 0 Å². The molecule has 4 nitrogen and oxygen atoms in total. The SMILES string of the molecule is CCNC(C)c1c(F)cccc1N1CCNC(=O)C1C. The van der Waals surface area contributed by atoms with Gasteiger partial charge in [-0.05, 0) is 32.5 Å². The van der Waals surface area contributed by atoms with Gasteiger partial charge in [0.25, 0.3) is 0 Å². The largest absolute Gasteiger partial charge is 0.358 e. The van der Waals surface area contributed by atoms with Gasteiger partial charge in [-0.2, -0.15) is 0 Å². The van der Waals surface area contributed by atoms with Gasteiger partial charge in [0.15, 0.2) is 0 Å². The van der Waals surface area contributed by atoms with E-state index >= 15 is 0 Å². The van der Waals surface area contributed by atoms with Crippen molar-refractivity contribution in [2.75, 3.05) is 24.5 Å². The van der Waals surface area contributed by atoms with Crippen molar-refractivity contribution in [3.8, 4) is 0 Å². The van der Waals surface area contributed by atoms with Crippen molar-refractivity contribution < 1.29 is 9.18 Å². The molecule has 2 rings (SSSR count).